The van der Waals surface area contributed by atoms with Gasteiger partial charge in [0.05, 0.1) is 18.9 Å². The third kappa shape index (κ3) is 1.06. The lowest BCUT2D eigenvalue weighted by atomic mass is 10.8. The summed E-state index contributed by atoms with van der Waals surface area (Å²) in [5, 5.41) is 5.34. The van der Waals surface area contributed by atoms with Crippen LogP contribution in [0.25, 0.3) is 0 Å². The van der Waals surface area contributed by atoms with Crippen molar-refractivity contribution in [3.8, 4) is 0 Å². The highest BCUT2D eigenvalue weighted by Crippen LogP contribution is 2.11. The molecular formula is C4H8BrN4O+. The molecule has 0 saturated heterocycles. The van der Waals surface area contributed by atoms with Gasteiger partial charge in [-0.2, -0.15) is 5.01 Å². The zero-order chi connectivity index (χ0) is 7.72. The van der Waals surface area contributed by atoms with Crippen LogP contribution >= 0.6 is 15.9 Å². The molecular weight excluding hydrogens is 200 g/mol. The molecule has 0 amide bonds. The fraction of sp³-hybridized carbons (Fsp3) is 0.500. The molecule has 0 saturated carbocycles. The van der Waals surface area contributed by atoms with E-state index >= 15 is 0 Å². The van der Waals surface area contributed by atoms with Crippen LogP contribution in [0.3, 0.4) is 0 Å². The minimum Gasteiger partial charge on any atom is -0.361 e. The maximum atomic E-state index is 5.35. The first-order valence-corrected chi connectivity index (χ1v) is 3.43. The predicted octanol–water partition coefficient (Wildman–Crippen LogP) is -0.496. The van der Waals surface area contributed by atoms with Crippen LogP contribution in [-0.2, 0) is 0 Å². The van der Waals surface area contributed by atoms with Crippen LogP contribution in [-0.4, -0.2) is 19.4 Å². The van der Waals surface area contributed by atoms with Crippen molar-refractivity contribution in [3.63, 3.8) is 0 Å². The van der Waals surface area contributed by atoms with Crippen molar-refractivity contribution >= 4 is 21.8 Å². The highest BCUT2D eigenvalue weighted by Gasteiger charge is 2.21. The van der Waals surface area contributed by atoms with E-state index in [1.165, 1.54) is 4.79 Å². The molecule has 1 aromatic heterocycles. The molecule has 5 nitrogen and oxygen atoms in total. The van der Waals surface area contributed by atoms with Crippen LogP contribution in [0.15, 0.2) is 9.13 Å². The Kier molecular flexibility index (Phi) is 1.80. The number of anilines is 1. The maximum absolute atomic E-state index is 5.35. The van der Waals surface area contributed by atoms with E-state index in [0.717, 1.165) is 0 Å². The van der Waals surface area contributed by atoms with Gasteiger partial charge in [0.25, 0.3) is 0 Å². The van der Waals surface area contributed by atoms with E-state index in [9.17, 15) is 0 Å². The van der Waals surface area contributed by atoms with Crippen LogP contribution in [0.4, 0.5) is 5.88 Å². The monoisotopic (exact) mass is 207 g/mol. The number of rotatable bonds is 1. The molecule has 0 bridgehead atoms. The summed E-state index contributed by atoms with van der Waals surface area (Å²) in [4.78, 5) is 1.50. The van der Waals surface area contributed by atoms with E-state index in [1.807, 2.05) is 14.1 Å². The number of hydrogen-bond donors (Lipinski definition) is 1. The Morgan fingerprint density at radius 1 is 1.70 bits per heavy atom. The van der Waals surface area contributed by atoms with Gasteiger partial charge in [0, 0.05) is 15.9 Å². The number of hydrogen-bond acceptors (Lipinski definition) is 4. The quantitative estimate of drug-likeness (QED) is 0.632. The van der Waals surface area contributed by atoms with Gasteiger partial charge in [-0.25, -0.2) is 0 Å². The van der Waals surface area contributed by atoms with Crippen molar-refractivity contribution < 1.29 is 9.31 Å². The lowest BCUT2D eigenvalue weighted by Gasteiger charge is -1.95. The van der Waals surface area contributed by atoms with Gasteiger partial charge in [-0.1, -0.05) is 0 Å². The van der Waals surface area contributed by atoms with Crippen molar-refractivity contribution in [1.29, 1.82) is 0 Å². The summed E-state index contributed by atoms with van der Waals surface area (Å²) < 4.78 is 5.28. The molecule has 0 aliphatic heterocycles. The second-order valence-electron chi connectivity index (χ2n) is 1.96. The normalized spacial score (nSPS) is 9.90. The average Bonchev–Trinajstić information content (AvgIpc) is 2.14. The Morgan fingerprint density at radius 2 is 2.30 bits per heavy atom. The van der Waals surface area contributed by atoms with E-state index in [0.29, 0.717) is 4.60 Å². The Hall–Kier alpha value is -0.780. The average molecular weight is 208 g/mol. The first kappa shape index (κ1) is 7.33. The highest BCUT2D eigenvalue weighted by atomic mass is 79.9. The summed E-state index contributed by atoms with van der Waals surface area (Å²) in [5.74, 6) is 0.272. The molecule has 1 heterocycles. The van der Waals surface area contributed by atoms with Crippen LogP contribution in [0.5, 0.6) is 0 Å². The topological polar surface area (TPSA) is 59.2 Å². The Morgan fingerprint density at radius 3 is 2.50 bits per heavy atom. The fourth-order valence-electron chi connectivity index (χ4n) is 0.503. The van der Waals surface area contributed by atoms with Gasteiger partial charge in [-0.3, -0.25) is 4.52 Å². The van der Waals surface area contributed by atoms with Crippen LogP contribution < -0.4 is 15.5 Å². The lowest BCUT2D eigenvalue weighted by Crippen LogP contribution is -2.55. The largest absolute Gasteiger partial charge is 0.372 e. The number of nitrogens with two attached hydrogens (primary N) is 1. The minimum atomic E-state index is 0.272. The van der Waals surface area contributed by atoms with Crippen LogP contribution in [0, 0.1) is 0 Å². The molecule has 0 aliphatic rings. The van der Waals surface area contributed by atoms with Crippen molar-refractivity contribution in [2.75, 3.05) is 24.8 Å². The van der Waals surface area contributed by atoms with E-state index in [4.69, 9.17) is 5.73 Å². The van der Waals surface area contributed by atoms with Gasteiger partial charge in [0.1, 0.15) is 0 Å². The molecule has 0 radical (unpaired) electrons. The van der Waals surface area contributed by atoms with E-state index in [1.54, 1.807) is 5.01 Å². The standard InChI is InChI=1S/C4H8BrN4O/c1-8(2)9-3(5)4(6)10-7-9/h6H2,1-2H3/q+1. The number of nitrogen functional groups attached to an aromatic ring is 1. The van der Waals surface area contributed by atoms with Gasteiger partial charge in [-0.05, 0) is 0 Å². The molecule has 0 aliphatic carbocycles. The van der Waals surface area contributed by atoms with Crippen molar-refractivity contribution in [2.45, 2.75) is 0 Å². The van der Waals surface area contributed by atoms with Crippen molar-refractivity contribution in [3.05, 3.63) is 4.60 Å². The first-order chi connectivity index (χ1) is 4.63. The predicted molar refractivity (Wildman–Crippen MR) is 38.9 cm³/mol. The summed E-state index contributed by atoms with van der Waals surface area (Å²) >= 11 is 3.19. The second kappa shape index (κ2) is 2.45. The minimum absolute atomic E-state index is 0.272. The molecule has 0 unspecified atom stereocenters. The summed E-state index contributed by atoms with van der Waals surface area (Å²) in [6, 6.07) is 0. The number of nitrogens with zero attached hydrogens (tertiary/aromatic N) is 3. The molecule has 1 rings (SSSR count). The Balaban J connectivity index is 3.05. The maximum Gasteiger partial charge on any atom is 0.372 e. The van der Waals surface area contributed by atoms with Crippen molar-refractivity contribution in [1.82, 2.24) is 5.27 Å². The fourth-order valence-corrected chi connectivity index (χ4v) is 0.958. The molecule has 0 spiro atoms. The Labute approximate surface area is 66.5 Å². The lowest BCUT2D eigenvalue weighted by molar-refractivity contribution is -0.762. The molecule has 6 heteroatoms. The van der Waals surface area contributed by atoms with E-state index in [-0.39, 0.29) is 5.88 Å². The van der Waals surface area contributed by atoms with Gasteiger partial charge in [0.2, 0.25) is 5.27 Å². The van der Waals surface area contributed by atoms with Gasteiger partial charge < -0.3 is 5.73 Å². The van der Waals surface area contributed by atoms with E-state index in [2.05, 4.69) is 25.7 Å². The molecule has 0 aromatic carbocycles. The summed E-state index contributed by atoms with van der Waals surface area (Å²) in [7, 11) is 3.65. The molecule has 56 valence electrons. The number of halogens is 1. The van der Waals surface area contributed by atoms with Crippen molar-refractivity contribution in [2.24, 2.45) is 0 Å². The smallest absolute Gasteiger partial charge is 0.361 e. The van der Waals surface area contributed by atoms with Gasteiger partial charge in [0.15, 0.2) is 0 Å². The van der Waals surface area contributed by atoms with Crippen LogP contribution in [0.2, 0.25) is 0 Å². The third-order valence-corrected chi connectivity index (χ3v) is 1.68. The summed E-state index contributed by atoms with van der Waals surface area (Å²) in [6.45, 7) is 0. The second-order valence-corrected chi connectivity index (χ2v) is 2.72. The zero-order valence-corrected chi connectivity index (χ0v) is 7.29. The summed E-state index contributed by atoms with van der Waals surface area (Å²) in [6.07, 6.45) is 0. The van der Waals surface area contributed by atoms with Gasteiger partial charge >= 0.3 is 10.5 Å². The highest BCUT2D eigenvalue weighted by molar-refractivity contribution is 9.10. The zero-order valence-electron chi connectivity index (χ0n) is 5.71. The molecule has 0 atom stereocenters. The molecule has 2 N–H and O–H groups in total. The molecule has 0 fully saturated rings. The number of aromatic nitrogens is 2. The first-order valence-electron chi connectivity index (χ1n) is 2.63. The Bertz CT molecular complexity index is 233. The third-order valence-electron chi connectivity index (χ3n) is 0.974. The van der Waals surface area contributed by atoms with Crippen LogP contribution in [0.1, 0.15) is 0 Å². The molecule has 10 heavy (non-hydrogen) atoms. The van der Waals surface area contributed by atoms with E-state index < -0.39 is 0 Å². The van der Waals surface area contributed by atoms with Gasteiger partial charge in [-0.15, -0.1) is 0 Å². The summed E-state index contributed by atoms with van der Waals surface area (Å²) in [5.41, 5.74) is 5.35. The SMILES string of the molecule is CN(C)[n+]1noc(N)c1Br. The molecule has 1 aromatic rings.